The van der Waals surface area contributed by atoms with Crippen LogP contribution in [0.25, 0.3) is 0 Å². The molecule has 0 aliphatic carbocycles. The van der Waals surface area contributed by atoms with Crippen molar-refractivity contribution in [3.8, 4) is 0 Å². The van der Waals surface area contributed by atoms with Gasteiger partial charge < -0.3 is 45.0 Å². The Kier molecular flexibility index (Phi) is 11.0. The summed E-state index contributed by atoms with van der Waals surface area (Å²) in [5.41, 5.74) is 4.97. The average Bonchev–Trinajstić information content (AvgIpc) is 2.15. The highest BCUT2D eigenvalue weighted by atomic mass is 79.9. The summed E-state index contributed by atoms with van der Waals surface area (Å²) in [6.07, 6.45) is 5.32. The van der Waals surface area contributed by atoms with E-state index < -0.39 is 0 Å². The number of pyridine rings is 1. The first-order valence-corrected chi connectivity index (χ1v) is 4.33. The Morgan fingerprint density at radius 1 is 1.50 bits per heavy atom. The summed E-state index contributed by atoms with van der Waals surface area (Å²) in [7, 11) is 1.93. The van der Waals surface area contributed by atoms with Gasteiger partial charge >= 0.3 is 0 Å². The lowest BCUT2D eigenvalue weighted by Crippen LogP contribution is -3.00. The van der Waals surface area contributed by atoms with Crippen molar-refractivity contribution < 1.29 is 45.7 Å². The zero-order valence-electron chi connectivity index (χ0n) is 8.34. The zero-order valence-corrected chi connectivity index (χ0v) is 11.5. The molecule has 1 heterocycles. The van der Waals surface area contributed by atoms with Gasteiger partial charge in [-0.1, -0.05) is 0 Å². The van der Waals surface area contributed by atoms with Crippen LogP contribution in [0.5, 0.6) is 0 Å². The first-order valence-electron chi connectivity index (χ1n) is 4.33. The minimum atomic E-state index is 0. The largest absolute Gasteiger partial charge is 1.00 e. The minimum absolute atomic E-state index is 0. The fraction of sp³-hybridized carbons (Fsp3) is 0.444. The fourth-order valence-electron chi connectivity index (χ4n) is 1.10. The van der Waals surface area contributed by atoms with Crippen LogP contribution in [-0.2, 0) is 6.54 Å². The third kappa shape index (κ3) is 5.57. The number of quaternary nitrogens is 1. The third-order valence-corrected chi connectivity index (χ3v) is 1.81. The van der Waals surface area contributed by atoms with Crippen molar-refractivity contribution in [3.05, 3.63) is 24.5 Å². The molecule has 4 N–H and O–H groups in total. The van der Waals surface area contributed by atoms with Gasteiger partial charge in [0.05, 0.1) is 18.7 Å². The highest BCUT2D eigenvalue weighted by Gasteiger charge is 1.99. The maximum atomic E-state index is 3.81. The Balaban J connectivity index is -0.000000480. The van der Waals surface area contributed by atoms with E-state index in [-0.39, 0.29) is 35.4 Å². The van der Waals surface area contributed by atoms with Gasteiger partial charge in [0.25, 0.3) is 0 Å². The smallest absolute Gasteiger partial charge is 0.192 e. The summed E-state index contributed by atoms with van der Waals surface area (Å²) < 4.78 is 2.18. The molecule has 0 fully saturated rings. The lowest BCUT2D eigenvalue weighted by molar-refractivity contribution is -0.698. The Morgan fingerprint density at radius 3 is 2.79 bits per heavy atom. The van der Waals surface area contributed by atoms with Gasteiger partial charge in [-0.2, -0.15) is 0 Å². The predicted octanol–water partition coefficient (Wildman–Crippen LogP) is -6.10. The average molecular weight is 329 g/mol. The number of aromatic nitrogens is 1. The van der Waals surface area contributed by atoms with Crippen LogP contribution < -0.4 is 49.6 Å². The molecule has 0 unspecified atom stereocenters. The van der Waals surface area contributed by atoms with Gasteiger partial charge in [0.15, 0.2) is 18.9 Å². The van der Waals surface area contributed by atoms with Gasteiger partial charge in [0, 0.05) is 14.5 Å². The van der Waals surface area contributed by atoms with Gasteiger partial charge in [-0.3, -0.25) is 0 Å². The number of nitrogens with one attached hydrogen (secondary N) is 1. The maximum Gasteiger partial charge on any atom is 0.192 e. The minimum Gasteiger partial charge on any atom is -1.00 e. The van der Waals surface area contributed by atoms with Crippen LogP contribution in [0.3, 0.4) is 0 Å². The van der Waals surface area contributed by atoms with E-state index in [0.717, 1.165) is 25.2 Å². The van der Waals surface area contributed by atoms with Crippen LogP contribution >= 0.6 is 0 Å². The lowest BCUT2D eigenvalue weighted by Gasteiger charge is -1.98. The Morgan fingerprint density at radius 2 is 2.21 bits per heavy atom. The molecule has 0 amide bonds. The number of nitrogens with zero attached hydrogens (tertiary/aromatic N) is 1. The molecule has 0 spiro atoms. The van der Waals surface area contributed by atoms with Crippen molar-refractivity contribution in [3.63, 3.8) is 0 Å². The van der Waals surface area contributed by atoms with Crippen molar-refractivity contribution >= 4 is 5.69 Å². The highest BCUT2D eigenvalue weighted by molar-refractivity contribution is 5.36. The van der Waals surface area contributed by atoms with Gasteiger partial charge in [-0.05, 0) is 6.07 Å². The second-order valence-electron chi connectivity index (χ2n) is 2.79. The van der Waals surface area contributed by atoms with Crippen LogP contribution in [-0.4, -0.2) is 13.6 Å². The molecule has 84 valence electrons. The van der Waals surface area contributed by atoms with Crippen molar-refractivity contribution in [2.45, 2.75) is 13.0 Å². The predicted molar refractivity (Wildman–Crippen MR) is 50.7 cm³/mol. The van der Waals surface area contributed by atoms with Crippen LogP contribution in [0.2, 0.25) is 0 Å². The maximum absolute atomic E-state index is 3.81. The van der Waals surface area contributed by atoms with E-state index >= 15 is 0 Å². The van der Waals surface area contributed by atoms with Crippen molar-refractivity contribution in [2.24, 2.45) is 0 Å². The van der Waals surface area contributed by atoms with E-state index in [2.05, 4.69) is 40.1 Å². The molecule has 0 radical (unpaired) electrons. The molecular formula is C9H19Br2N3. The van der Waals surface area contributed by atoms with Gasteiger partial charge in [0.2, 0.25) is 0 Å². The Bertz CT molecular complexity index is 249. The van der Waals surface area contributed by atoms with Crippen LogP contribution in [0.15, 0.2) is 24.5 Å². The van der Waals surface area contributed by atoms with E-state index in [1.807, 2.05) is 7.05 Å². The molecule has 14 heavy (non-hydrogen) atoms. The van der Waals surface area contributed by atoms with Crippen LogP contribution in [0.1, 0.15) is 7.85 Å². The van der Waals surface area contributed by atoms with Crippen molar-refractivity contribution in [2.75, 3.05) is 18.9 Å². The highest BCUT2D eigenvalue weighted by Crippen LogP contribution is 1.98. The Hall–Kier alpha value is -0.130. The quantitative estimate of drug-likeness (QED) is 0.531. The molecule has 0 aliphatic heterocycles. The number of hydrogen-bond acceptors (Lipinski definition) is 1. The van der Waals surface area contributed by atoms with Gasteiger partial charge in [0.1, 0.15) is 0 Å². The number of halogens is 2. The number of hydrogen-bond donors (Lipinski definition) is 2. The third-order valence-electron chi connectivity index (χ3n) is 1.81. The van der Waals surface area contributed by atoms with Crippen molar-refractivity contribution in [1.82, 2.24) is 0 Å². The number of anilines is 1. The van der Waals surface area contributed by atoms with E-state index in [1.165, 1.54) is 0 Å². The molecule has 1 rings (SSSR count). The fourth-order valence-corrected chi connectivity index (χ4v) is 1.10. The number of aryl methyl sites for hydroxylation is 1. The normalized spacial score (nSPS) is 8.43. The van der Waals surface area contributed by atoms with Crippen LogP contribution in [0, 0.1) is 0 Å². The molecule has 0 aromatic carbocycles. The summed E-state index contributed by atoms with van der Waals surface area (Å²) in [4.78, 5) is 0. The van der Waals surface area contributed by atoms with E-state index in [0.29, 0.717) is 0 Å². The summed E-state index contributed by atoms with van der Waals surface area (Å²) in [5.74, 6) is 0. The monoisotopic (exact) mass is 327 g/mol. The zero-order chi connectivity index (χ0) is 8.81. The molecular weight excluding hydrogens is 310 g/mol. The van der Waals surface area contributed by atoms with Crippen molar-refractivity contribution in [1.29, 1.82) is 0 Å². The van der Waals surface area contributed by atoms with Crippen LogP contribution in [0.4, 0.5) is 5.69 Å². The van der Waals surface area contributed by atoms with E-state index in [9.17, 15) is 0 Å². The summed E-state index contributed by atoms with van der Waals surface area (Å²) in [6, 6.07) is 4.11. The molecule has 0 saturated carbocycles. The molecule has 0 saturated heterocycles. The topological polar surface area (TPSA) is 43.5 Å². The lowest BCUT2D eigenvalue weighted by atomic mass is 10.4. The molecule has 0 atom stereocenters. The Labute approximate surface area is 108 Å². The van der Waals surface area contributed by atoms with Gasteiger partial charge in [-0.15, -0.1) is 0 Å². The molecule has 5 heteroatoms. The first-order chi connectivity index (χ1) is 5.86. The molecule has 0 bridgehead atoms. The van der Waals surface area contributed by atoms with E-state index in [1.54, 1.807) is 0 Å². The second kappa shape index (κ2) is 9.43. The summed E-state index contributed by atoms with van der Waals surface area (Å²) >= 11 is 0. The second-order valence-corrected chi connectivity index (χ2v) is 2.79. The molecule has 0 aliphatic rings. The molecule has 1 aromatic heterocycles. The first kappa shape index (κ1) is 16.3. The SMILES string of the molecule is CNc1ccc[n+](CCC[NH3+])c1.[Br-].[Br-].[HH]. The van der Waals surface area contributed by atoms with E-state index in [4.69, 9.17) is 0 Å². The molecule has 3 nitrogen and oxygen atoms in total. The standard InChI is InChI=1S/C9H16N3.2BrH.H2/c1-11-9-4-2-6-12(8-9)7-3-5-10;;;/h2,4,6,8,11H,3,5,7,10H2,1H3;3*1H/q+1;;;/p-1. The summed E-state index contributed by atoms with van der Waals surface area (Å²) in [5, 5.41) is 3.11. The number of rotatable bonds is 4. The summed E-state index contributed by atoms with van der Waals surface area (Å²) in [6.45, 7) is 2.05. The van der Waals surface area contributed by atoms with Gasteiger partial charge in [-0.25, -0.2) is 4.57 Å². The molecule has 1 aromatic rings.